The maximum atomic E-state index is 11.4. The van der Waals surface area contributed by atoms with Crippen LogP contribution in [-0.2, 0) is 22.5 Å². The van der Waals surface area contributed by atoms with Crippen molar-refractivity contribution in [3.05, 3.63) is 54.1 Å². The van der Waals surface area contributed by atoms with E-state index in [2.05, 4.69) is 27.0 Å². The number of rotatable bonds is 8. The second-order valence-corrected chi connectivity index (χ2v) is 4.69. The molecule has 5 nitrogen and oxygen atoms in total. The summed E-state index contributed by atoms with van der Waals surface area (Å²) in [5.41, 5.74) is 1.23. The molecule has 1 aromatic heterocycles. The third-order valence-corrected chi connectivity index (χ3v) is 3.11. The number of ether oxygens (including phenoxy) is 1. The Morgan fingerprint density at radius 2 is 2.14 bits per heavy atom. The maximum absolute atomic E-state index is 11.4. The van der Waals surface area contributed by atoms with Crippen LogP contribution in [0.4, 0.5) is 0 Å². The van der Waals surface area contributed by atoms with Gasteiger partial charge in [-0.2, -0.15) is 0 Å². The number of nitrogens with zero attached hydrogens (tertiary/aromatic N) is 2. The van der Waals surface area contributed by atoms with E-state index < -0.39 is 0 Å². The van der Waals surface area contributed by atoms with Crippen LogP contribution in [-0.4, -0.2) is 35.2 Å². The fourth-order valence-electron chi connectivity index (χ4n) is 2.05. The largest absolute Gasteiger partial charge is 0.372 e. The molecule has 2 rings (SSSR count). The van der Waals surface area contributed by atoms with Gasteiger partial charge in [-0.25, -0.2) is 4.98 Å². The lowest BCUT2D eigenvalue weighted by molar-refractivity contribution is -0.125. The van der Waals surface area contributed by atoms with Crippen LogP contribution in [0, 0.1) is 0 Å². The number of imidazole rings is 1. The molecule has 1 N–H and O–H groups in total. The van der Waals surface area contributed by atoms with Gasteiger partial charge in [-0.3, -0.25) is 4.79 Å². The van der Waals surface area contributed by atoms with Crippen molar-refractivity contribution in [3.8, 4) is 0 Å². The van der Waals surface area contributed by atoms with Gasteiger partial charge in [0.1, 0.15) is 12.4 Å². The number of carbonyl (C=O) groups is 1. The first-order valence-electron chi connectivity index (χ1n) is 7.18. The van der Waals surface area contributed by atoms with Crippen molar-refractivity contribution in [2.45, 2.75) is 19.9 Å². The Morgan fingerprint density at radius 1 is 1.33 bits per heavy atom. The zero-order valence-electron chi connectivity index (χ0n) is 12.3. The standard InChI is InChI=1S/C16H21N3O2/c1-2-21-13-16(20)18-9-8-15-17-10-11-19(15)12-14-6-4-3-5-7-14/h3-7,10-11H,2,8-9,12-13H2,1H3,(H,18,20). The van der Waals surface area contributed by atoms with E-state index in [1.165, 1.54) is 5.56 Å². The molecule has 0 saturated heterocycles. The van der Waals surface area contributed by atoms with E-state index in [0.29, 0.717) is 19.6 Å². The molecular formula is C16H21N3O2. The number of carbonyl (C=O) groups excluding carboxylic acids is 1. The lowest BCUT2D eigenvalue weighted by Crippen LogP contribution is -2.30. The number of hydrogen-bond donors (Lipinski definition) is 1. The highest BCUT2D eigenvalue weighted by atomic mass is 16.5. The highest BCUT2D eigenvalue weighted by Crippen LogP contribution is 2.05. The number of benzene rings is 1. The molecule has 0 aliphatic carbocycles. The Hall–Kier alpha value is -2.14. The minimum absolute atomic E-state index is 0.0852. The Bertz CT molecular complexity index is 552. The highest BCUT2D eigenvalue weighted by Gasteiger charge is 2.05. The van der Waals surface area contributed by atoms with E-state index in [0.717, 1.165) is 12.4 Å². The molecule has 112 valence electrons. The summed E-state index contributed by atoms with van der Waals surface area (Å²) in [7, 11) is 0. The second-order valence-electron chi connectivity index (χ2n) is 4.69. The van der Waals surface area contributed by atoms with Crippen molar-refractivity contribution in [2.24, 2.45) is 0 Å². The molecule has 2 aromatic rings. The Labute approximate surface area is 125 Å². The van der Waals surface area contributed by atoms with E-state index in [4.69, 9.17) is 4.74 Å². The fraction of sp³-hybridized carbons (Fsp3) is 0.375. The van der Waals surface area contributed by atoms with Crippen LogP contribution in [0.15, 0.2) is 42.7 Å². The summed E-state index contributed by atoms with van der Waals surface area (Å²) in [6.45, 7) is 3.90. The molecule has 0 aliphatic rings. The SMILES string of the molecule is CCOCC(=O)NCCc1nccn1Cc1ccccc1. The molecule has 0 aliphatic heterocycles. The van der Waals surface area contributed by atoms with Crippen LogP contribution in [0.25, 0.3) is 0 Å². The summed E-state index contributed by atoms with van der Waals surface area (Å²) in [6, 6.07) is 10.2. The molecule has 1 heterocycles. The highest BCUT2D eigenvalue weighted by molar-refractivity contribution is 5.77. The average Bonchev–Trinajstić information content (AvgIpc) is 2.93. The third kappa shape index (κ3) is 5.04. The van der Waals surface area contributed by atoms with Gasteiger partial charge >= 0.3 is 0 Å². The van der Waals surface area contributed by atoms with Gasteiger partial charge in [0.05, 0.1) is 0 Å². The van der Waals surface area contributed by atoms with Gasteiger partial charge in [0.2, 0.25) is 5.91 Å². The molecule has 0 atom stereocenters. The van der Waals surface area contributed by atoms with Gasteiger partial charge < -0.3 is 14.6 Å². The van der Waals surface area contributed by atoms with Crippen LogP contribution in [0.3, 0.4) is 0 Å². The summed E-state index contributed by atoms with van der Waals surface area (Å²) in [6.07, 6.45) is 4.46. The van der Waals surface area contributed by atoms with Crippen molar-refractivity contribution >= 4 is 5.91 Å². The van der Waals surface area contributed by atoms with Gasteiger partial charge in [-0.1, -0.05) is 30.3 Å². The zero-order chi connectivity index (χ0) is 14.9. The molecule has 0 spiro atoms. The molecule has 0 bridgehead atoms. The monoisotopic (exact) mass is 287 g/mol. The van der Waals surface area contributed by atoms with E-state index in [-0.39, 0.29) is 12.5 Å². The second kappa shape index (κ2) is 8.21. The summed E-state index contributed by atoms with van der Waals surface area (Å²) in [5.74, 6) is 0.883. The van der Waals surface area contributed by atoms with E-state index in [1.807, 2.05) is 31.3 Å². The molecule has 0 unspecified atom stereocenters. The first kappa shape index (κ1) is 15.3. The summed E-state index contributed by atoms with van der Waals surface area (Å²) < 4.78 is 7.15. The lowest BCUT2D eigenvalue weighted by Gasteiger charge is -2.09. The summed E-state index contributed by atoms with van der Waals surface area (Å²) in [5, 5.41) is 2.83. The van der Waals surface area contributed by atoms with Gasteiger partial charge in [0.15, 0.2) is 0 Å². The van der Waals surface area contributed by atoms with Gasteiger partial charge in [0, 0.05) is 38.5 Å². The molecule has 0 radical (unpaired) electrons. The maximum Gasteiger partial charge on any atom is 0.246 e. The number of hydrogen-bond acceptors (Lipinski definition) is 3. The molecule has 0 saturated carbocycles. The number of amides is 1. The van der Waals surface area contributed by atoms with Crippen LogP contribution in [0.2, 0.25) is 0 Å². The Kier molecular flexibility index (Phi) is 5.97. The average molecular weight is 287 g/mol. The van der Waals surface area contributed by atoms with E-state index >= 15 is 0 Å². The lowest BCUT2D eigenvalue weighted by atomic mass is 10.2. The smallest absolute Gasteiger partial charge is 0.246 e. The molecule has 1 amide bonds. The minimum Gasteiger partial charge on any atom is -0.372 e. The predicted octanol–water partition coefficient (Wildman–Crippen LogP) is 1.63. The third-order valence-electron chi connectivity index (χ3n) is 3.11. The number of nitrogens with one attached hydrogen (secondary N) is 1. The molecule has 1 aromatic carbocycles. The molecule has 21 heavy (non-hydrogen) atoms. The van der Waals surface area contributed by atoms with E-state index in [1.54, 1.807) is 6.20 Å². The normalized spacial score (nSPS) is 10.5. The van der Waals surface area contributed by atoms with Crippen LogP contribution in [0.1, 0.15) is 18.3 Å². The first-order valence-corrected chi connectivity index (χ1v) is 7.18. The van der Waals surface area contributed by atoms with Crippen molar-refractivity contribution in [2.75, 3.05) is 19.8 Å². The Balaban J connectivity index is 1.82. The molecule has 5 heteroatoms. The van der Waals surface area contributed by atoms with E-state index in [9.17, 15) is 4.79 Å². The summed E-state index contributed by atoms with van der Waals surface area (Å²) in [4.78, 5) is 15.8. The predicted molar refractivity (Wildman–Crippen MR) is 81.0 cm³/mol. The topological polar surface area (TPSA) is 56.1 Å². The van der Waals surface area contributed by atoms with Crippen LogP contribution in [0.5, 0.6) is 0 Å². The van der Waals surface area contributed by atoms with Crippen molar-refractivity contribution in [1.82, 2.24) is 14.9 Å². The fourth-order valence-corrected chi connectivity index (χ4v) is 2.05. The van der Waals surface area contributed by atoms with Crippen LogP contribution >= 0.6 is 0 Å². The van der Waals surface area contributed by atoms with Crippen molar-refractivity contribution in [1.29, 1.82) is 0 Å². The zero-order valence-corrected chi connectivity index (χ0v) is 12.3. The molecule has 0 fully saturated rings. The quantitative estimate of drug-likeness (QED) is 0.803. The number of aromatic nitrogens is 2. The Morgan fingerprint density at radius 3 is 2.90 bits per heavy atom. The van der Waals surface area contributed by atoms with Crippen molar-refractivity contribution in [3.63, 3.8) is 0 Å². The van der Waals surface area contributed by atoms with Crippen LogP contribution < -0.4 is 5.32 Å². The van der Waals surface area contributed by atoms with Gasteiger partial charge in [0.25, 0.3) is 0 Å². The first-order chi connectivity index (χ1) is 10.3. The van der Waals surface area contributed by atoms with Crippen molar-refractivity contribution < 1.29 is 9.53 Å². The van der Waals surface area contributed by atoms with Gasteiger partial charge in [-0.05, 0) is 12.5 Å². The summed E-state index contributed by atoms with van der Waals surface area (Å²) >= 11 is 0. The minimum atomic E-state index is -0.0852. The van der Waals surface area contributed by atoms with Gasteiger partial charge in [-0.15, -0.1) is 0 Å². The molecular weight excluding hydrogens is 266 g/mol.